The molecule has 0 aliphatic carbocycles. The lowest BCUT2D eigenvalue weighted by Gasteiger charge is -2.31. The van der Waals surface area contributed by atoms with Gasteiger partial charge in [0.15, 0.2) is 0 Å². The van der Waals surface area contributed by atoms with Crippen LogP contribution in [0.25, 0.3) is 11.0 Å². The number of aromatic nitrogens is 2. The Morgan fingerprint density at radius 1 is 1.12 bits per heavy atom. The second kappa shape index (κ2) is 8.34. The lowest BCUT2D eigenvalue weighted by Crippen LogP contribution is -2.44. The van der Waals surface area contributed by atoms with Crippen LogP contribution >= 0.6 is 12.4 Å². The number of nitrogens with one attached hydrogen (secondary N) is 3. The van der Waals surface area contributed by atoms with E-state index in [4.69, 9.17) is 0 Å². The lowest BCUT2D eigenvalue weighted by atomic mass is 10.1. The minimum absolute atomic E-state index is 0. The maximum atomic E-state index is 12.6. The van der Waals surface area contributed by atoms with Gasteiger partial charge in [0.25, 0.3) is 0 Å². The first-order valence-corrected chi connectivity index (χ1v) is 9.88. The lowest BCUT2D eigenvalue weighted by molar-refractivity contribution is 0.208. The van der Waals surface area contributed by atoms with E-state index in [2.05, 4.69) is 26.5 Å². The molecule has 26 heavy (non-hydrogen) atoms. The van der Waals surface area contributed by atoms with Gasteiger partial charge in [-0.2, -0.15) is 0 Å². The summed E-state index contributed by atoms with van der Waals surface area (Å²) in [5, 5.41) is 0. The van der Waals surface area contributed by atoms with Gasteiger partial charge < -0.3 is 14.9 Å². The second-order valence-corrected chi connectivity index (χ2v) is 8.07. The van der Waals surface area contributed by atoms with Crippen molar-refractivity contribution in [3.63, 3.8) is 0 Å². The molecule has 3 N–H and O–H groups in total. The standard InChI is InChI=1S/C16H22N4O4S.ClH/c1-2-7-20-8-5-11(6-9-20)19-25(23,24)12-3-4-13-14(10-12)18-16(22)15(21)17-13;/h3-4,10-11,19H,2,5-9H2,1H3,(H,17,21)(H,18,22);1H. The largest absolute Gasteiger partial charge is 0.316 e. The minimum atomic E-state index is -3.69. The zero-order valence-corrected chi connectivity index (χ0v) is 16.1. The van der Waals surface area contributed by atoms with Crippen LogP contribution in [0, 0.1) is 0 Å². The molecule has 0 saturated carbocycles. The van der Waals surface area contributed by atoms with Crippen LogP contribution in [0.1, 0.15) is 26.2 Å². The topological polar surface area (TPSA) is 115 Å². The monoisotopic (exact) mass is 402 g/mol. The Morgan fingerprint density at radius 2 is 1.73 bits per heavy atom. The quantitative estimate of drug-likeness (QED) is 0.639. The molecule has 0 amide bonds. The predicted octanol–water partition coefficient (Wildman–Crippen LogP) is 0.791. The van der Waals surface area contributed by atoms with Crippen molar-refractivity contribution >= 4 is 33.5 Å². The molecule has 3 rings (SSSR count). The van der Waals surface area contributed by atoms with Crippen LogP contribution in [0.2, 0.25) is 0 Å². The molecule has 1 fully saturated rings. The summed E-state index contributed by atoms with van der Waals surface area (Å²) >= 11 is 0. The summed E-state index contributed by atoms with van der Waals surface area (Å²) in [6.07, 6.45) is 2.64. The van der Waals surface area contributed by atoms with E-state index in [1.54, 1.807) is 0 Å². The molecule has 0 atom stereocenters. The van der Waals surface area contributed by atoms with Gasteiger partial charge in [-0.3, -0.25) is 9.59 Å². The number of fused-ring (bicyclic) bond motifs is 1. The molecule has 0 spiro atoms. The molecule has 2 heterocycles. The third-order valence-electron chi connectivity index (χ3n) is 4.45. The molecule has 2 aromatic rings. The summed E-state index contributed by atoms with van der Waals surface area (Å²) < 4.78 is 28.0. The van der Waals surface area contributed by atoms with Gasteiger partial charge in [0, 0.05) is 6.04 Å². The molecular formula is C16H23ClN4O4S. The average molecular weight is 403 g/mol. The molecule has 1 aromatic carbocycles. The normalized spacial score (nSPS) is 16.5. The number of sulfonamides is 1. The first-order valence-electron chi connectivity index (χ1n) is 8.40. The van der Waals surface area contributed by atoms with Crippen molar-refractivity contribution in [3.05, 3.63) is 38.9 Å². The molecule has 1 aliphatic heterocycles. The summed E-state index contributed by atoms with van der Waals surface area (Å²) in [6, 6.07) is 4.17. The Hall–Kier alpha value is -1.68. The van der Waals surface area contributed by atoms with Gasteiger partial charge in [0.1, 0.15) is 0 Å². The third-order valence-corrected chi connectivity index (χ3v) is 5.97. The highest BCUT2D eigenvalue weighted by atomic mass is 35.5. The van der Waals surface area contributed by atoms with Crippen molar-refractivity contribution in [3.8, 4) is 0 Å². The fourth-order valence-corrected chi connectivity index (χ4v) is 4.47. The summed E-state index contributed by atoms with van der Waals surface area (Å²) in [5.41, 5.74) is -0.903. The average Bonchev–Trinajstić information content (AvgIpc) is 2.57. The van der Waals surface area contributed by atoms with Crippen molar-refractivity contribution < 1.29 is 8.42 Å². The molecule has 1 saturated heterocycles. The Balaban J connectivity index is 0.00000243. The number of piperidine rings is 1. The number of halogens is 1. The number of H-pyrrole nitrogens is 2. The molecule has 1 aromatic heterocycles. The molecule has 8 nitrogen and oxygen atoms in total. The van der Waals surface area contributed by atoms with Crippen molar-refractivity contribution in [2.75, 3.05) is 19.6 Å². The Labute approximate surface area is 157 Å². The molecule has 1 aliphatic rings. The minimum Gasteiger partial charge on any atom is -0.316 e. The fourth-order valence-electron chi connectivity index (χ4n) is 3.14. The second-order valence-electron chi connectivity index (χ2n) is 6.35. The zero-order valence-electron chi connectivity index (χ0n) is 14.4. The fraction of sp³-hybridized carbons (Fsp3) is 0.500. The van der Waals surface area contributed by atoms with Crippen molar-refractivity contribution in [1.82, 2.24) is 19.6 Å². The Morgan fingerprint density at radius 3 is 2.35 bits per heavy atom. The number of rotatable bonds is 5. The van der Waals surface area contributed by atoms with Crippen molar-refractivity contribution in [1.29, 1.82) is 0 Å². The van der Waals surface area contributed by atoms with Crippen LogP contribution in [-0.2, 0) is 10.0 Å². The summed E-state index contributed by atoms with van der Waals surface area (Å²) in [5.74, 6) is 0. The van der Waals surface area contributed by atoms with Gasteiger partial charge in [-0.05, 0) is 57.1 Å². The molecule has 0 bridgehead atoms. The van der Waals surface area contributed by atoms with Crippen LogP contribution in [0.15, 0.2) is 32.7 Å². The van der Waals surface area contributed by atoms with Crippen LogP contribution < -0.4 is 15.8 Å². The Bertz CT molecular complexity index is 978. The van der Waals surface area contributed by atoms with Gasteiger partial charge in [-0.25, -0.2) is 13.1 Å². The highest BCUT2D eigenvalue weighted by molar-refractivity contribution is 7.89. The van der Waals surface area contributed by atoms with Crippen LogP contribution in [0.4, 0.5) is 0 Å². The van der Waals surface area contributed by atoms with Crippen LogP contribution in [0.3, 0.4) is 0 Å². The number of nitrogens with zero attached hydrogens (tertiary/aromatic N) is 1. The predicted molar refractivity (Wildman–Crippen MR) is 103 cm³/mol. The first kappa shape index (κ1) is 20.6. The van der Waals surface area contributed by atoms with Crippen molar-refractivity contribution in [2.24, 2.45) is 0 Å². The van der Waals surface area contributed by atoms with Gasteiger partial charge >= 0.3 is 11.1 Å². The highest BCUT2D eigenvalue weighted by Gasteiger charge is 2.24. The van der Waals surface area contributed by atoms with Crippen LogP contribution in [0.5, 0.6) is 0 Å². The number of likely N-dealkylation sites (tertiary alicyclic amines) is 1. The van der Waals surface area contributed by atoms with E-state index in [9.17, 15) is 18.0 Å². The van der Waals surface area contributed by atoms with E-state index < -0.39 is 21.1 Å². The van der Waals surface area contributed by atoms with Gasteiger partial charge in [-0.15, -0.1) is 12.4 Å². The maximum Gasteiger partial charge on any atom is 0.314 e. The molecule has 0 radical (unpaired) electrons. The van der Waals surface area contributed by atoms with Gasteiger partial charge in [0.2, 0.25) is 10.0 Å². The highest BCUT2D eigenvalue weighted by Crippen LogP contribution is 2.17. The van der Waals surface area contributed by atoms with Crippen LogP contribution in [-0.4, -0.2) is 49.0 Å². The maximum absolute atomic E-state index is 12.6. The van der Waals surface area contributed by atoms with Gasteiger partial charge in [0.05, 0.1) is 15.9 Å². The molecule has 10 heteroatoms. The van der Waals surface area contributed by atoms with E-state index in [0.717, 1.165) is 38.9 Å². The molecular weight excluding hydrogens is 380 g/mol. The van der Waals surface area contributed by atoms with E-state index in [1.807, 2.05) is 0 Å². The number of aromatic amines is 2. The number of hydrogen-bond donors (Lipinski definition) is 3. The SMILES string of the molecule is CCCN1CCC(NS(=O)(=O)c2ccc3[nH]c(=O)c(=O)[nH]c3c2)CC1.Cl. The van der Waals surface area contributed by atoms with E-state index >= 15 is 0 Å². The van der Waals surface area contributed by atoms with E-state index in [0.29, 0.717) is 5.52 Å². The molecule has 0 unspecified atom stereocenters. The summed E-state index contributed by atoms with van der Waals surface area (Å²) in [6.45, 7) is 4.93. The zero-order chi connectivity index (χ0) is 18.0. The summed E-state index contributed by atoms with van der Waals surface area (Å²) in [4.78, 5) is 30.0. The smallest absolute Gasteiger partial charge is 0.314 e. The summed E-state index contributed by atoms with van der Waals surface area (Å²) in [7, 11) is -3.69. The van der Waals surface area contributed by atoms with Crippen molar-refractivity contribution in [2.45, 2.75) is 37.1 Å². The van der Waals surface area contributed by atoms with E-state index in [1.165, 1.54) is 18.2 Å². The molecule has 144 valence electrons. The van der Waals surface area contributed by atoms with Gasteiger partial charge in [-0.1, -0.05) is 6.92 Å². The first-order chi connectivity index (χ1) is 11.9. The third kappa shape index (κ3) is 4.53. The number of hydrogen-bond acceptors (Lipinski definition) is 5. The van der Waals surface area contributed by atoms with E-state index in [-0.39, 0.29) is 28.9 Å². The Kier molecular flexibility index (Phi) is 6.62. The number of benzene rings is 1.